The van der Waals surface area contributed by atoms with Crippen molar-refractivity contribution in [3.05, 3.63) is 0 Å². The molecule has 0 aromatic rings. The molecule has 13 heavy (non-hydrogen) atoms. The van der Waals surface area contributed by atoms with Crippen LogP contribution in [0.1, 0.15) is 26.7 Å². The van der Waals surface area contributed by atoms with E-state index in [9.17, 15) is 0 Å². The summed E-state index contributed by atoms with van der Waals surface area (Å²) in [5.74, 6) is 1.56. The van der Waals surface area contributed by atoms with Crippen molar-refractivity contribution in [2.45, 2.75) is 26.7 Å². The van der Waals surface area contributed by atoms with Crippen molar-refractivity contribution >= 4 is 0 Å². The molecule has 1 heterocycles. The molecule has 1 aliphatic heterocycles. The summed E-state index contributed by atoms with van der Waals surface area (Å²) in [6, 6.07) is 0. The molecule has 1 atom stereocenters. The molecule has 1 rings (SSSR count). The van der Waals surface area contributed by atoms with Gasteiger partial charge in [0.25, 0.3) is 0 Å². The average molecular weight is 185 g/mol. The SMILES string of the molecule is CC(C)CCOCC1CCN(C)C1. The predicted molar refractivity (Wildman–Crippen MR) is 55.9 cm³/mol. The van der Waals surface area contributed by atoms with Crippen molar-refractivity contribution in [1.82, 2.24) is 4.90 Å². The monoisotopic (exact) mass is 185 g/mol. The second kappa shape index (κ2) is 5.61. The lowest BCUT2D eigenvalue weighted by molar-refractivity contribution is 0.0937. The van der Waals surface area contributed by atoms with E-state index in [4.69, 9.17) is 4.74 Å². The zero-order chi connectivity index (χ0) is 9.68. The maximum atomic E-state index is 5.65. The van der Waals surface area contributed by atoms with Crippen LogP contribution in [0.3, 0.4) is 0 Å². The minimum Gasteiger partial charge on any atom is -0.381 e. The topological polar surface area (TPSA) is 12.5 Å². The van der Waals surface area contributed by atoms with Crippen molar-refractivity contribution in [3.63, 3.8) is 0 Å². The summed E-state index contributed by atoms with van der Waals surface area (Å²) in [6.45, 7) is 8.87. The first kappa shape index (κ1) is 11.0. The molecule has 0 saturated carbocycles. The molecule has 0 aromatic carbocycles. The van der Waals surface area contributed by atoms with Crippen molar-refractivity contribution in [2.75, 3.05) is 33.4 Å². The van der Waals surface area contributed by atoms with Gasteiger partial charge in [0, 0.05) is 13.2 Å². The Labute approximate surface area is 82.3 Å². The first-order valence-electron chi connectivity index (χ1n) is 5.44. The van der Waals surface area contributed by atoms with E-state index in [1.165, 1.54) is 25.9 Å². The summed E-state index contributed by atoms with van der Waals surface area (Å²) in [6.07, 6.45) is 2.51. The second-order valence-electron chi connectivity index (χ2n) is 4.67. The van der Waals surface area contributed by atoms with Gasteiger partial charge < -0.3 is 9.64 Å². The fourth-order valence-corrected chi connectivity index (χ4v) is 1.73. The maximum Gasteiger partial charge on any atom is 0.0506 e. The van der Waals surface area contributed by atoms with Crippen molar-refractivity contribution in [2.24, 2.45) is 11.8 Å². The standard InChI is InChI=1S/C11H23NO/c1-10(2)5-7-13-9-11-4-6-12(3)8-11/h10-11H,4-9H2,1-3H3. The van der Waals surface area contributed by atoms with Crippen LogP contribution < -0.4 is 0 Å². The van der Waals surface area contributed by atoms with E-state index in [1.54, 1.807) is 0 Å². The van der Waals surface area contributed by atoms with E-state index in [0.29, 0.717) is 0 Å². The molecular formula is C11H23NO. The van der Waals surface area contributed by atoms with E-state index >= 15 is 0 Å². The lowest BCUT2D eigenvalue weighted by Gasteiger charge is -2.11. The van der Waals surface area contributed by atoms with Gasteiger partial charge in [-0.2, -0.15) is 0 Å². The molecule has 0 radical (unpaired) electrons. The Hall–Kier alpha value is -0.0800. The Kier molecular flexibility index (Phi) is 4.74. The molecule has 0 N–H and O–H groups in total. The quantitative estimate of drug-likeness (QED) is 0.607. The molecule has 0 aliphatic carbocycles. The molecule has 78 valence electrons. The van der Waals surface area contributed by atoms with Crippen molar-refractivity contribution < 1.29 is 4.74 Å². The summed E-state index contributed by atoms with van der Waals surface area (Å²) in [5, 5.41) is 0. The van der Waals surface area contributed by atoms with Crippen LogP contribution in [-0.4, -0.2) is 38.3 Å². The van der Waals surface area contributed by atoms with Gasteiger partial charge in [0.2, 0.25) is 0 Å². The Morgan fingerprint density at radius 2 is 2.23 bits per heavy atom. The molecular weight excluding hydrogens is 162 g/mol. The van der Waals surface area contributed by atoms with E-state index < -0.39 is 0 Å². The van der Waals surface area contributed by atoms with Gasteiger partial charge in [0.15, 0.2) is 0 Å². The normalized spacial score (nSPS) is 24.5. The van der Waals surface area contributed by atoms with Gasteiger partial charge in [0.1, 0.15) is 0 Å². The average Bonchev–Trinajstić information content (AvgIpc) is 2.45. The van der Waals surface area contributed by atoms with E-state index in [2.05, 4.69) is 25.8 Å². The Balaban J connectivity index is 1.94. The van der Waals surface area contributed by atoms with Crippen LogP contribution in [0.2, 0.25) is 0 Å². The number of rotatable bonds is 5. The van der Waals surface area contributed by atoms with Crippen LogP contribution in [0.4, 0.5) is 0 Å². The lowest BCUT2D eigenvalue weighted by Crippen LogP contribution is -2.17. The zero-order valence-corrected chi connectivity index (χ0v) is 9.25. The van der Waals surface area contributed by atoms with Gasteiger partial charge in [-0.1, -0.05) is 13.8 Å². The number of ether oxygens (including phenoxy) is 1. The van der Waals surface area contributed by atoms with Gasteiger partial charge in [-0.3, -0.25) is 0 Å². The minimum atomic E-state index is 0.770. The van der Waals surface area contributed by atoms with Crippen LogP contribution in [0.5, 0.6) is 0 Å². The number of nitrogens with zero attached hydrogens (tertiary/aromatic N) is 1. The van der Waals surface area contributed by atoms with Crippen LogP contribution in [-0.2, 0) is 4.74 Å². The Morgan fingerprint density at radius 3 is 2.77 bits per heavy atom. The van der Waals surface area contributed by atoms with Crippen LogP contribution in [0, 0.1) is 11.8 Å². The largest absolute Gasteiger partial charge is 0.381 e. The minimum absolute atomic E-state index is 0.770. The van der Waals surface area contributed by atoms with Crippen LogP contribution >= 0.6 is 0 Å². The van der Waals surface area contributed by atoms with Crippen molar-refractivity contribution in [3.8, 4) is 0 Å². The third kappa shape index (κ3) is 4.63. The van der Waals surface area contributed by atoms with Crippen molar-refractivity contribution in [1.29, 1.82) is 0 Å². The number of hydrogen-bond donors (Lipinski definition) is 0. The highest BCUT2D eigenvalue weighted by molar-refractivity contribution is 4.72. The third-order valence-corrected chi connectivity index (χ3v) is 2.68. The smallest absolute Gasteiger partial charge is 0.0506 e. The molecule has 1 saturated heterocycles. The Morgan fingerprint density at radius 1 is 1.46 bits per heavy atom. The molecule has 2 heteroatoms. The van der Waals surface area contributed by atoms with Gasteiger partial charge in [-0.25, -0.2) is 0 Å². The highest BCUT2D eigenvalue weighted by Gasteiger charge is 2.18. The summed E-state index contributed by atoms with van der Waals surface area (Å²) in [4.78, 5) is 2.39. The zero-order valence-electron chi connectivity index (χ0n) is 9.25. The van der Waals surface area contributed by atoms with Gasteiger partial charge in [0.05, 0.1) is 6.61 Å². The molecule has 0 bridgehead atoms. The van der Waals surface area contributed by atoms with Crippen LogP contribution in [0.25, 0.3) is 0 Å². The Bertz CT molecular complexity index is 136. The number of hydrogen-bond acceptors (Lipinski definition) is 2. The van der Waals surface area contributed by atoms with Crippen LogP contribution in [0.15, 0.2) is 0 Å². The molecule has 1 aliphatic rings. The maximum absolute atomic E-state index is 5.65. The highest BCUT2D eigenvalue weighted by atomic mass is 16.5. The third-order valence-electron chi connectivity index (χ3n) is 2.68. The second-order valence-corrected chi connectivity index (χ2v) is 4.67. The molecule has 1 unspecified atom stereocenters. The van der Waals surface area contributed by atoms with E-state index in [1.807, 2.05) is 0 Å². The molecule has 0 aromatic heterocycles. The summed E-state index contributed by atoms with van der Waals surface area (Å²) < 4.78 is 5.65. The van der Waals surface area contributed by atoms with E-state index in [-0.39, 0.29) is 0 Å². The number of likely N-dealkylation sites (tertiary alicyclic amines) is 1. The molecule has 0 amide bonds. The first-order chi connectivity index (χ1) is 6.18. The highest BCUT2D eigenvalue weighted by Crippen LogP contribution is 2.14. The van der Waals surface area contributed by atoms with E-state index in [0.717, 1.165) is 25.0 Å². The predicted octanol–water partition coefficient (Wildman–Crippen LogP) is 2.00. The summed E-state index contributed by atoms with van der Waals surface area (Å²) >= 11 is 0. The fraction of sp³-hybridized carbons (Fsp3) is 1.00. The summed E-state index contributed by atoms with van der Waals surface area (Å²) in [5.41, 5.74) is 0. The fourth-order valence-electron chi connectivity index (χ4n) is 1.73. The first-order valence-corrected chi connectivity index (χ1v) is 5.44. The molecule has 2 nitrogen and oxygen atoms in total. The summed E-state index contributed by atoms with van der Waals surface area (Å²) in [7, 11) is 2.19. The van der Waals surface area contributed by atoms with Gasteiger partial charge in [-0.05, 0) is 38.3 Å². The van der Waals surface area contributed by atoms with Gasteiger partial charge >= 0.3 is 0 Å². The molecule has 1 fully saturated rings. The van der Waals surface area contributed by atoms with Gasteiger partial charge in [-0.15, -0.1) is 0 Å². The lowest BCUT2D eigenvalue weighted by atomic mass is 10.1. The molecule has 0 spiro atoms.